The first-order valence-corrected chi connectivity index (χ1v) is 12.6. The molecule has 0 radical (unpaired) electrons. The molecule has 32 heavy (non-hydrogen) atoms. The fourth-order valence-corrected chi connectivity index (χ4v) is 5.63. The van der Waals surface area contributed by atoms with Crippen LogP contribution in [0.2, 0.25) is 0 Å². The van der Waals surface area contributed by atoms with Gasteiger partial charge in [-0.1, -0.05) is 67.0 Å². The third-order valence-corrected chi connectivity index (χ3v) is 7.96. The minimum atomic E-state index is -1.20. The van der Waals surface area contributed by atoms with Crippen molar-refractivity contribution in [1.29, 1.82) is 0 Å². The van der Waals surface area contributed by atoms with Gasteiger partial charge < -0.3 is 4.74 Å². The summed E-state index contributed by atoms with van der Waals surface area (Å²) >= 11 is 0. The van der Waals surface area contributed by atoms with Crippen molar-refractivity contribution < 1.29 is 13.7 Å². The number of rotatable bonds is 9. The molecular weight excluding hydrogens is 416 g/mol. The van der Waals surface area contributed by atoms with Gasteiger partial charge in [-0.2, -0.15) is 0 Å². The van der Waals surface area contributed by atoms with Crippen molar-refractivity contribution in [3.8, 4) is 0 Å². The summed E-state index contributed by atoms with van der Waals surface area (Å²) in [7, 11) is -1.20. The summed E-state index contributed by atoms with van der Waals surface area (Å²) in [5, 5.41) is -0.177. The molecule has 0 heterocycles. The molecule has 4 heteroatoms. The predicted octanol–water partition coefficient (Wildman–Crippen LogP) is 7.09. The van der Waals surface area contributed by atoms with Crippen LogP contribution < -0.4 is 0 Å². The average Bonchev–Trinajstić information content (AvgIpc) is 2.73. The largest absolute Gasteiger partial charge is 0.462 e. The summed E-state index contributed by atoms with van der Waals surface area (Å²) in [6, 6.07) is 9.55. The van der Waals surface area contributed by atoms with Gasteiger partial charge in [-0.15, -0.1) is 0 Å². The van der Waals surface area contributed by atoms with Gasteiger partial charge in [-0.3, -0.25) is 9.00 Å². The van der Waals surface area contributed by atoms with Gasteiger partial charge >= 0.3 is 5.97 Å². The van der Waals surface area contributed by atoms with E-state index in [1.54, 1.807) is 0 Å². The molecule has 0 fully saturated rings. The number of carbonyl (C=O) groups excluding carboxylic acids is 1. The molecule has 0 N–H and O–H groups in total. The minimum absolute atomic E-state index is 0.177. The topological polar surface area (TPSA) is 43.4 Å². The first kappa shape index (κ1) is 26.1. The highest BCUT2D eigenvalue weighted by Crippen LogP contribution is 2.40. The average molecular weight is 455 g/mol. The van der Waals surface area contributed by atoms with E-state index in [4.69, 9.17) is 4.74 Å². The van der Waals surface area contributed by atoms with Gasteiger partial charge in [0, 0.05) is 11.8 Å². The standard InChI is InChI=1S/C28H38O3S/c1-21(14-16-26-22(2)11-10-19-28(26,5)6)15-17-27(23(3)18-20-31-24(4)29)32(30)25-12-8-7-9-13-25/h7-9,12-16,18,27H,10-11,17,19-20H2,1-6H3/b16-14+,21-15+,23-18+. The van der Waals surface area contributed by atoms with E-state index in [0.29, 0.717) is 6.42 Å². The maximum Gasteiger partial charge on any atom is 0.302 e. The second-order valence-corrected chi connectivity index (χ2v) is 10.9. The Morgan fingerprint density at radius 1 is 1.16 bits per heavy atom. The molecule has 0 amide bonds. The zero-order valence-electron chi connectivity index (χ0n) is 20.4. The summed E-state index contributed by atoms with van der Waals surface area (Å²) in [6.07, 6.45) is 12.8. The van der Waals surface area contributed by atoms with E-state index in [9.17, 15) is 9.00 Å². The van der Waals surface area contributed by atoms with E-state index < -0.39 is 10.8 Å². The van der Waals surface area contributed by atoms with E-state index in [1.807, 2.05) is 43.3 Å². The van der Waals surface area contributed by atoms with Gasteiger partial charge in [0.15, 0.2) is 0 Å². The SMILES string of the molecule is CC(=O)OC/C=C(\C)C(C/C=C(C)/C=C/C1=C(C)CCCC1(C)C)S(=O)c1ccccc1. The highest BCUT2D eigenvalue weighted by atomic mass is 32.2. The third kappa shape index (κ3) is 7.74. The van der Waals surface area contributed by atoms with Gasteiger partial charge in [-0.05, 0) is 75.7 Å². The van der Waals surface area contributed by atoms with Crippen molar-refractivity contribution >= 4 is 16.8 Å². The van der Waals surface area contributed by atoms with Crippen LogP contribution >= 0.6 is 0 Å². The van der Waals surface area contributed by atoms with Crippen LogP contribution in [0.15, 0.2) is 81.8 Å². The molecule has 2 atom stereocenters. The summed E-state index contributed by atoms with van der Waals surface area (Å²) in [5.74, 6) is -0.314. The molecule has 2 rings (SSSR count). The van der Waals surface area contributed by atoms with Crippen LogP contribution in [0.5, 0.6) is 0 Å². The van der Waals surface area contributed by atoms with Gasteiger partial charge in [0.1, 0.15) is 6.61 Å². The molecule has 0 bridgehead atoms. The first-order chi connectivity index (χ1) is 15.1. The molecule has 174 valence electrons. The maximum absolute atomic E-state index is 13.3. The second-order valence-electron chi connectivity index (χ2n) is 9.30. The first-order valence-electron chi connectivity index (χ1n) is 11.4. The van der Waals surface area contributed by atoms with E-state index in [0.717, 1.165) is 16.0 Å². The molecule has 2 unspecified atom stereocenters. The van der Waals surface area contributed by atoms with E-state index >= 15 is 0 Å². The molecular formula is C28H38O3S. The van der Waals surface area contributed by atoms with Crippen LogP contribution in [0, 0.1) is 5.41 Å². The lowest BCUT2D eigenvalue weighted by Gasteiger charge is -2.33. The van der Waals surface area contributed by atoms with Crippen molar-refractivity contribution in [3.63, 3.8) is 0 Å². The molecule has 0 aromatic heterocycles. The molecule has 0 aliphatic heterocycles. The number of esters is 1. The second kappa shape index (κ2) is 12.2. The Balaban J connectivity index is 2.21. The summed E-state index contributed by atoms with van der Waals surface area (Å²) in [5.41, 5.74) is 5.27. The zero-order valence-corrected chi connectivity index (χ0v) is 21.3. The van der Waals surface area contributed by atoms with E-state index in [1.165, 1.54) is 37.3 Å². The van der Waals surface area contributed by atoms with Gasteiger partial charge in [0.2, 0.25) is 0 Å². The Bertz CT molecular complexity index is 933. The highest BCUT2D eigenvalue weighted by molar-refractivity contribution is 7.86. The van der Waals surface area contributed by atoms with Crippen LogP contribution in [0.4, 0.5) is 0 Å². The summed E-state index contributed by atoms with van der Waals surface area (Å²) in [6.45, 7) is 12.6. The zero-order chi connectivity index (χ0) is 23.7. The van der Waals surface area contributed by atoms with Crippen molar-refractivity contribution in [2.45, 2.75) is 77.4 Å². The van der Waals surface area contributed by atoms with Gasteiger partial charge in [-0.25, -0.2) is 0 Å². The molecule has 1 aromatic carbocycles. The lowest BCUT2D eigenvalue weighted by Crippen LogP contribution is -2.19. The molecule has 1 aromatic rings. The van der Waals surface area contributed by atoms with Crippen LogP contribution in [0.3, 0.4) is 0 Å². The lowest BCUT2D eigenvalue weighted by atomic mass is 9.72. The van der Waals surface area contributed by atoms with Crippen molar-refractivity contribution in [2.75, 3.05) is 6.61 Å². The van der Waals surface area contributed by atoms with Crippen LogP contribution in [-0.2, 0) is 20.3 Å². The Labute approximate surface area is 196 Å². The van der Waals surface area contributed by atoms with Crippen molar-refractivity contribution in [2.24, 2.45) is 5.41 Å². The highest BCUT2D eigenvalue weighted by Gasteiger charge is 2.26. The smallest absolute Gasteiger partial charge is 0.302 e. The monoisotopic (exact) mass is 454 g/mol. The van der Waals surface area contributed by atoms with Crippen molar-refractivity contribution in [1.82, 2.24) is 0 Å². The predicted molar refractivity (Wildman–Crippen MR) is 135 cm³/mol. The number of hydrogen-bond acceptors (Lipinski definition) is 3. The minimum Gasteiger partial charge on any atom is -0.462 e. The number of carbonyl (C=O) groups is 1. The summed E-state index contributed by atoms with van der Waals surface area (Å²) in [4.78, 5) is 11.9. The normalized spacial score (nSPS) is 19.2. The van der Waals surface area contributed by atoms with Crippen LogP contribution in [-0.4, -0.2) is 22.0 Å². The number of hydrogen-bond donors (Lipinski definition) is 0. The quantitative estimate of drug-likeness (QED) is 0.227. The Kier molecular flexibility index (Phi) is 9.89. The lowest BCUT2D eigenvalue weighted by molar-refractivity contribution is -0.139. The van der Waals surface area contributed by atoms with Gasteiger partial charge in [0.25, 0.3) is 0 Å². The molecule has 0 spiro atoms. The molecule has 3 nitrogen and oxygen atoms in total. The fourth-order valence-electron chi connectivity index (χ4n) is 4.17. The van der Waals surface area contributed by atoms with Gasteiger partial charge in [0.05, 0.1) is 16.0 Å². The van der Waals surface area contributed by atoms with Crippen LogP contribution in [0.1, 0.15) is 67.2 Å². The fraction of sp³-hybridized carbons (Fsp3) is 0.464. The summed E-state index contributed by atoms with van der Waals surface area (Å²) < 4.78 is 18.4. The molecule has 1 aliphatic rings. The maximum atomic E-state index is 13.3. The van der Waals surface area contributed by atoms with Crippen molar-refractivity contribution in [3.05, 3.63) is 76.9 Å². The van der Waals surface area contributed by atoms with Crippen LogP contribution in [0.25, 0.3) is 0 Å². The number of benzene rings is 1. The van der Waals surface area contributed by atoms with E-state index in [2.05, 4.69) is 45.9 Å². The molecule has 1 aliphatic carbocycles. The third-order valence-electron chi connectivity index (χ3n) is 6.14. The number of ether oxygens (including phenoxy) is 1. The number of allylic oxidation sites excluding steroid dienone is 6. The van der Waals surface area contributed by atoms with E-state index in [-0.39, 0.29) is 23.2 Å². The molecule has 0 saturated carbocycles. The Hall–Kier alpha value is -2.20. The Morgan fingerprint density at radius 3 is 2.47 bits per heavy atom. The Morgan fingerprint density at radius 2 is 1.84 bits per heavy atom. The molecule has 0 saturated heterocycles.